The fraction of sp³-hybridized carbons (Fsp3) is 0.667. The molecule has 4 aliphatic carbocycles. The maximum Gasteiger partial charge on any atom is 0.172 e. The number of ether oxygens (including phenoxy) is 3. The van der Waals surface area contributed by atoms with Gasteiger partial charge in [0, 0.05) is 24.7 Å². The van der Waals surface area contributed by atoms with Gasteiger partial charge in [-0.2, -0.15) is 0 Å². The van der Waals surface area contributed by atoms with Gasteiger partial charge in [-0.05, 0) is 73.0 Å². The third-order valence-electron chi connectivity index (χ3n) is 9.54. The van der Waals surface area contributed by atoms with E-state index in [9.17, 15) is 4.79 Å². The molecule has 6 atom stereocenters. The van der Waals surface area contributed by atoms with Gasteiger partial charge in [-0.1, -0.05) is 30.7 Å². The zero-order valence-electron chi connectivity index (χ0n) is 18.8. The number of Topliss-reactive ketones (excluding diaryl/α,β-unsaturated/α-hetero) is 1. The van der Waals surface area contributed by atoms with E-state index in [1.807, 2.05) is 0 Å². The summed E-state index contributed by atoms with van der Waals surface area (Å²) in [5, 5.41) is 0. The van der Waals surface area contributed by atoms with E-state index in [-0.39, 0.29) is 5.41 Å². The number of allylic oxidation sites excluding steroid dienone is 1. The van der Waals surface area contributed by atoms with Crippen LogP contribution in [0, 0.1) is 29.1 Å². The Bertz CT molecular complexity index is 896. The van der Waals surface area contributed by atoms with Crippen molar-refractivity contribution in [2.75, 3.05) is 20.3 Å². The Hall–Kier alpha value is -1.65. The lowest BCUT2D eigenvalue weighted by atomic mass is 9.50. The normalized spacial score (nSPS) is 40.8. The van der Waals surface area contributed by atoms with Crippen molar-refractivity contribution in [3.63, 3.8) is 0 Å². The molecular weight excluding hydrogens is 388 g/mol. The Morgan fingerprint density at radius 1 is 1.06 bits per heavy atom. The number of benzene rings is 1. The first-order valence-electron chi connectivity index (χ1n) is 12.2. The maximum atomic E-state index is 12.7. The Morgan fingerprint density at radius 3 is 2.58 bits per heavy atom. The highest BCUT2D eigenvalue weighted by atomic mass is 16.7. The van der Waals surface area contributed by atoms with E-state index >= 15 is 0 Å². The van der Waals surface area contributed by atoms with E-state index in [2.05, 4.69) is 37.3 Å². The Morgan fingerprint density at radius 2 is 1.84 bits per heavy atom. The fourth-order valence-electron chi connectivity index (χ4n) is 8.06. The first kappa shape index (κ1) is 20.0. The molecule has 0 radical (unpaired) electrons. The highest BCUT2D eigenvalue weighted by molar-refractivity contribution is 5.87. The number of hydrogen-bond donors (Lipinski definition) is 0. The van der Waals surface area contributed by atoms with Crippen molar-refractivity contribution < 1.29 is 19.0 Å². The quantitative estimate of drug-likeness (QED) is 0.609. The Kier molecular flexibility index (Phi) is 4.63. The van der Waals surface area contributed by atoms with Crippen molar-refractivity contribution in [2.24, 2.45) is 29.1 Å². The van der Waals surface area contributed by atoms with Crippen molar-refractivity contribution in [1.82, 2.24) is 0 Å². The van der Waals surface area contributed by atoms with Crippen LogP contribution < -0.4 is 4.74 Å². The molecule has 1 aliphatic heterocycles. The summed E-state index contributed by atoms with van der Waals surface area (Å²) < 4.78 is 17.9. The summed E-state index contributed by atoms with van der Waals surface area (Å²) in [6.07, 6.45) is 9.59. The highest BCUT2D eigenvalue weighted by Crippen LogP contribution is 2.63. The number of rotatable bonds is 2. The summed E-state index contributed by atoms with van der Waals surface area (Å²) in [7, 11) is 1.72. The second-order valence-electron chi connectivity index (χ2n) is 10.8. The fourth-order valence-corrected chi connectivity index (χ4v) is 8.06. The molecule has 4 fully saturated rings. The highest BCUT2D eigenvalue weighted by Gasteiger charge is 2.58. The summed E-state index contributed by atoms with van der Waals surface area (Å²) in [5.41, 5.74) is 2.84. The average molecular weight is 423 g/mol. The molecule has 1 saturated heterocycles. The van der Waals surface area contributed by atoms with Gasteiger partial charge in [-0.15, -0.1) is 0 Å². The van der Waals surface area contributed by atoms with Gasteiger partial charge in [0.2, 0.25) is 0 Å². The predicted octanol–water partition coefficient (Wildman–Crippen LogP) is 5.27. The molecule has 4 nitrogen and oxygen atoms in total. The van der Waals surface area contributed by atoms with Crippen LogP contribution in [0.15, 0.2) is 35.9 Å². The van der Waals surface area contributed by atoms with Crippen LogP contribution in [0.2, 0.25) is 0 Å². The number of hydrogen-bond acceptors (Lipinski definition) is 4. The van der Waals surface area contributed by atoms with Crippen LogP contribution in [-0.4, -0.2) is 31.9 Å². The molecule has 4 heteroatoms. The zero-order valence-corrected chi connectivity index (χ0v) is 18.8. The summed E-state index contributed by atoms with van der Waals surface area (Å²) >= 11 is 0. The lowest BCUT2D eigenvalue weighted by molar-refractivity contribution is -0.181. The molecule has 1 spiro atoms. The molecule has 1 aromatic rings. The number of carbonyl (C=O) groups excluding carboxylic acids is 1. The van der Waals surface area contributed by atoms with Crippen molar-refractivity contribution in [3.8, 4) is 5.75 Å². The predicted molar refractivity (Wildman–Crippen MR) is 118 cm³/mol. The maximum absolute atomic E-state index is 12.7. The monoisotopic (exact) mass is 422 g/mol. The molecule has 5 aliphatic rings. The molecule has 0 bridgehead atoms. The summed E-state index contributed by atoms with van der Waals surface area (Å²) in [4.78, 5) is 12.7. The molecule has 31 heavy (non-hydrogen) atoms. The van der Waals surface area contributed by atoms with Crippen LogP contribution in [0.5, 0.6) is 5.75 Å². The smallest absolute Gasteiger partial charge is 0.172 e. The van der Waals surface area contributed by atoms with Crippen LogP contribution >= 0.6 is 0 Å². The van der Waals surface area contributed by atoms with E-state index < -0.39 is 5.79 Å². The van der Waals surface area contributed by atoms with Crippen molar-refractivity contribution in [2.45, 2.75) is 63.6 Å². The van der Waals surface area contributed by atoms with E-state index in [1.165, 1.54) is 12.0 Å². The molecule has 166 valence electrons. The van der Waals surface area contributed by atoms with Crippen LogP contribution in [0.25, 0.3) is 0 Å². The third kappa shape index (κ3) is 2.97. The molecule has 1 aromatic carbocycles. The Labute approximate surface area is 185 Å². The van der Waals surface area contributed by atoms with Crippen LogP contribution in [0.3, 0.4) is 0 Å². The van der Waals surface area contributed by atoms with Crippen LogP contribution in [0.1, 0.15) is 63.4 Å². The van der Waals surface area contributed by atoms with Crippen LogP contribution in [-0.2, 0) is 14.3 Å². The number of methoxy groups -OCH3 is 1. The van der Waals surface area contributed by atoms with Gasteiger partial charge in [0.15, 0.2) is 5.79 Å². The lowest BCUT2D eigenvalue weighted by Crippen LogP contribution is -2.50. The summed E-state index contributed by atoms with van der Waals surface area (Å²) in [5.74, 6) is 3.75. The van der Waals surface area contributed by atoms with Gasteiger partial charge in [-0.25, -0.2) is 0 Å². The van der Waals surface area contributed by atoms with E-state index in [4.69, 9.17) is 14.2 Å². The zero-order chi connectivity index (χ0) is 21.2. The van der Waals surface area contributed by atoms with Gasteiger partial charge < -0.3 is 14.2 Å². The first-order chi connectivity index (χ1) is 15.0. The molecule has 0 aromatic heterocycles. The first-order valence-corrected chi connectivity index (χ1v) is 12.2. The second kappa shape index (κ2) is 7.18. The van der Waals surface area contributed by atoms with Crippen molar-refractivity contribution >= 4 is 5.78 Å². The minimum Gasteiger partial charge on any atom is -0.497 e. The minimum absolute atomic E-state index is 0.0737. The molecule has 1 heterocycles. The van der Waals surface area contributed by atoms with Crippen LogP contribution in [0.4, 0.5) is 0 Å². The van der Waals surface area contributed by atoms with Crippen molar-refractivity contribution in [3.05, 3.63) is 41.5 Å². The Balaban J connectivity index is 1.39. The topological polar surface area (TPSA) is 44.8 Å². The van der Waals surface area contributed by atoms with E-state index in [0.29, 0.717) is 48.6 Å². The SMILES string of the molecule is COc1ccc([C@@H]2CC3(CC4=CC[C@@H]5[C@H](CC[C@]6(C)C(=O)CC[C@@H]56)[C@H]42)OCCO3)cc1. The standard InChI is InChI=1S/C27H34O4/c1-26-12-11-21-20(23(26)9-10-24(26)28)8-5-18-15-27(30-13-14-31-27)16-22(25(18)21)17-3-6-19(29-2)7-4-17/h3-7,20-23,25H,8-16H2,1-2H3/t20-,21+,22+,23+,25+,26+/m1/s1. The summed E-state index contributed by atoms with van der Waals surface area (Å²) in [6, 6.07) is 8.66. The molecule has 3 saturated carbocycles. The molecule has 0 N–H and O–H groups in total. The van der Waals surface area contributed by atoms with E-state index in [0.717, 1.165) is 44.3 Å². The van der Waals surface area contributed by atoms with Gasteiger partial charge >= 0.3 is 0 Å². The van der Waals surface area contributed by atoms with Gasteiger partial charge in [0.1, 0.15) is 11.5 Å². The molecule has 0 unspecified atom stereocenters. The van der Waals surface area contributed by atoms with Gasteiger partial charge in [0.05, 0.1) is 20.3 Å². The average Bonchev–Trinajstić information content (AvgIpc) is 3.37. The molecular formula is C27H34O4. The molecule has 6 rings (SSSR count). The molecule has 0 amide bonds. The second-order valence-corrected chi connectivity index (χ2v) is 10.8. The van der Waals surface area contributed by atoms with E-state index in [1.54, 1.807) is 12.7 Å². The number of fused-ring (bicyclic) bond motifs is 5. The number of ketones is 1. The minimum atomic E-state index is -0.452. The third-order valence-corrected chi connectivity index (χ3v) is 9.54. The van der Waals surface area contributed by atoms with Gasteiger partial charge in [0.25, 0.3) is 0 Å². The summed E-state index contributed by atoms with van der Waals surface area (Å²) in [6.45, 7) is 3.66. The number of carbonyl (C=O) groups is 1. The largest absolute Gasteiger partial charge is 0.497 e. The lowest BCUT2D eigenvalue weighted by Gasteiger charge is -2.55. The van der Waals surface area contributed by atoms with Gasteiger partial charge in [-0.3, -0.25) is 4.79 Å². The van der Waals surface area contributed by atoms with Crippen molar-refractivity contribution in [1.29, 1.82) is 0 Å².